The number of hydrogen-bond donors (Lipinski definition) is 1. The van der Waals surface area contributed by atoms with Crippen molar-refractivity contribution in [2.45, 2.75) is 6.92 Å². The van der Waals surface area contributed by atoms with E-state index in [2.05, 4.69) is 7.05 Å². The fourth-order valence-electron chi connectivity index (χ4n) is 2.31. The summed E-state index contributed by atoms with van der Waals surface area (Å²) in [5, 5.41) is 9.26. The molecule has 1 fully saturated rings. The molecule has 0 bridgehead atoms. The first kappa shape index (κ1) is 14.3. The summed E-state index contributed by atoms with van der Waals surface area (Å²) in [5.41, 5.74) is 2.21. The maximum Gasteiger partial charge on any atom is 0.264 e. The molecular weight excluding hydrogens is 250 g/mol. The molecule has 20 heavy (non-hydrogen) atoms. The summed E-state index contributed by atoms with van der Waals surface area (Å²) >= 11 is 0. The number of piperazine rings is 1. The minimum atomic E-state index is -0.150. The number of nitriles is 1. The van der Waals surface area contributed by atoms with Crippen LogP contribution in [0, 0.1) is 18.3 Å². The molecule has 4 nitrogen and oxygen atoms in total. The average Bonchev–Trinajstić information content (AvgIpc) is 2.46. The number of rotatable bonds is 2. The number of nitrogens with zero attached hydrogens (tertiary/aromatic N) is 2. The number of nitrogens with one attached hydrogen (secondary N) is 1. The van der Waals surface area contributed by atoms with Crippen LogP contribution in [-0.2, 0) is 4.79 Å². The van der Waals surface area contributed by atoms with Crippen molar-refractivity contribution in [1.29, 1.82) is 5.26 Å². The summed E-state index contributed by atoms with van der Waals surface area (Å²) in [6, 6.07) is 9.81. The van der Waals surface area contributed by atoms with E-state index < -0.39 is 0 Å². The molecule has 1 aromatic rings. The van der Waals surface area contributed by atoms with Crippen molar-refractivity contribution in [3.8, 4) is 6.07 Å². The van der Waals surface area contributed by atoms with Gasteiger partial charge in [0.2, 0.25) is 0 Å². The van der Waals surface area contributed by atoms with E-state index in [1.54, 1.807) is 11.0 Å². The fraction of sp³-hybridized carbons (Fsp3) is 0.375. The molecule has 0 aromatic heterocycles. The van der Waals surface area contributed by atoms with Crippen LogP contribution in [0.5, 0.6) is 0 Å². The minimum Gasteiger partial charge on any atom is -0.334 e. The Balaban J connectivity index is 2.18. The molecule has 0 spiro atoms. The van der Waals surface area contributed by atoms with Gasteiger partial charge in [-0.05, 0) is 24.1 Å². The summed E-state index contributed by atoms with van der Waals surface area (Å²) in [6.07, 6.45) is 1.70. The molecular formula is C16H20N3O+. The van der Waals surface area contributed by atoms with Crippen molar-refractivity contribution in [1.82, 2.24) is 4.90 Å². The Labute approximate surface area is 119 Å². The number of hydrogen-bond acceptors (Lipinski definition) is 2. The lowest BCUT2D eigenvalue weighted by Crippen LogP contribution is -3.12. The quantitative estimate of drug-likeness (QED) is 0.619. The second-order valence-electron chi connectivity index (χ2n) is 5.28. The smallest absolute Gasteiger partial charge is 0.264 e. The molecule has 1 heterocycles. The summed E-state index contributed by atoms with van der Waals surface area (Å²) in [4.78, 5) is 15.6. The first-order chi connectivity index (χ1) is 9.61. The number of carbonyl (C=O) groups is 1. The highest BCUT2D eigenvalue weighted by Crippen LogP contribution is 2.13. The summed E-state index contributed by atoms with van der Waals surface area (Å²) in [5.74, 6) is -0.150. The molecule has 1 amide bonds. The molecule has 104 valence electrons. The van der Waals surface area contributed by atoms with Gasteiger partial charge in [0.1, 0.15) is 11.6 Å². The van der Waals surface area contributed by atoms with Crippen molar-refractivity contribution < 1.29 is 9.69 Å². The normalized spacial score (nSPS) is 16.9. The fourth-order valence-corrected chi connectivity index (χ4v) is 2.31. The van der Waals surface area contributed by atoms with E-state index in [9.17, 15) is 10.1 Å². The largest absolute Gasteiger partial charge is 0.334 e. The first-order valence-electron chi connectivity index (χ1n) is 6.90. The summed E-state index contributed by atoms with van der Waals surface area (Å²) in [6.45, 7) is 5.29. The molecule has 1 aliphatic heterocycles. The Morgan fingerprint density at radius 1 is 1.35 bits per heavy atom. The number of aryl methyl sites for hydroxylation is 1. The molecule has 1 aliphatic rings. The van der Waals surface area contributed by atoms with Crippen molar-refractivity contribution in [2.24, 2.45) is 0 Å². The van der Waals surface area contributed by atoms with Crippen LogP contribution in [0.15, 0.2) is 29.8 Å². The van der Waals surface area contributed by atoms with Crippen LogP contribution in [0.4, 0.5) is 0 Å². The third kappa shape index (κ3) is 3.25. The highest BCUT2D eigenvalue weighted by atomic mass is 16.2. The van der Waals surface area contributed by atoms with Crippen LogP contribution in [0.2, 0.25) is 0 Å². The maximum absolute atomic E-state index is 12.4. The van der Waals surface area contributed by atoms with Gasteiger partial charge in [0.05, 0.1) is 33.2 Å². The zero-order chi connectivity index (χ0) is 14.5. The Bertz CT molecular complexity index is 563. The van der Waals surface area contributed by atoms with Gasteiger partial charge in [-0.25, -0.2) is 0 Å². The Kier molecular flexibility index (Phi) is 4.54. The number of carbonyl (C=O) groups excluding carboxylic acids is 1. The van der Waals surface area contributed by atoms with E-state index in [1.165, 1.54) is 4.90 Å². The Morgan fingerprint density at radius 2 is 2.00 bits per heavy atom. The molecule has 1 N–H and O–H groups in total. The second-order valence-corrected chi connectivity index (χ2v) is 5.28. The number of amides is 1. The van der Waals surface area contributed by atoms with Crippen LogP contribution in [0.25, 0.3) is 6.08 Å². The van der Waals surface area contributed by atoms with Crippen LogP contribution in [0.1, 0.15) is 11.1 Å². The second kappa shape index (κ2) is 6.36. The van der Waals surface area contributed by atoms with Gasteiger partial charge < -0.3 is 9.80 Å². The summed E-state index contributed by atoms with van der Waals surface area (Å²) < 4.78 is 0. The lowest BCUT2D eigenvalue weighted by atomic mass is 10.1. The van der Waals surface area contributed by atoms with E-state index in [-0.39, 0.29) is 11.5 Å². The van der Waals surface area contributed by atoms with Crippen molar-refractivity contribution in [3.05, 3.63) is 41.0 Å². The third-order valence-electron chi connectivity index (χ3n) is 3.74. The summed E-state index contributed by atoms with van der Waals surface area (Å²) in [7, 11) is 2.12. The predicted molar refractivity (Wildman–Crippen MR) is 78.0 cm³/mol. The van der Waals surface area contributed by atoms with Crippen LogP contribution in [0.3, 0.4) is 0 Å². The zero-order valence-electron chi connectivity index (χ0n) is 12.0. The lowest BCUT2D eigenvalue weighted by molar-refractivity contribution is -0.883. The van der Waals surface area contributed by atoms with Gasteiger partial charge in [-0.2, -0.15) is 5.26 Å². The first-order valence-corrected chi connectivity index (χ1v) is 6.90. The molecule has 0 aliphatic carbocycles. The van der Waals surface area contributed by atoms with Gasteiger partial charge in [0, 0.05) is 0 Å². The SMILES string of the molecule is Cc1ccccc1/C=C(/C#N)C(=O)N1CC[NH+](C)CC1. The third-order valence-corrected chi connectivity index (χ3v) is 3.74. The van der Waals surface area contributed by atoms with Crippen molar-refractivity contribution >= 4 is 12.0 Å². The standard InChI is InChI=1S/C16H19N3O/c1-13-5-3-4-6-14(13)11-15(12-17)16(20)19-9-7-18(2)8-10-19/h3-6,11H,7-10H2,1-2H3/p+1/b15-11-. The maximum atomic E-state index is 12.4. The van der Waals surface area contributed by atoms with Gasteiger partial charge in [-0.15, -0.1) is 0 Å². The highest BCUT2D eigenvalue weighted by molar-refractivity contribution is 6.01. The minimum absolute atomic E-state index is 0.150. The number of quaternary nitrogens is 1. The molecule has 2 rings (SSSR count). The van der Waals surface area contributed by atoms with E-state index in [4.69, 9.17) is 0 Å². The van der Waals surface area contributed by atoms with Crippen LogP contribution < -0.4 is 4.90 Å². The van der Waals surface area contributed by atoms with E-state index in [1.807, 2.05) is 37.3 Å². The zero-order valence-corrected chi connectivity index (χ0v) is 12.0. The monoisotopic (exact) mass is 270 g/mol. The number of benzene rings is 1. The molecule has 0 radical (unpaired) electrons. The molecule has 0 atom stereocenters. The molecule has 1 aromatic carbocycles. The van der Waals surface area contributed by atoms with Crippen LogP contribution in [-0.4, -0.2) is 44.0 Å². The number of likely N-dealkylation sites (N-methyl/N-ethyl adjacent to an activating group) is 1. The lowest BCUT2D eigenvalue weighted by Gasteiger charge is -2.29. The Morgan fingerprint density at radius 3 is 2.60 bits per heavy atom. The van der Waals surface area contributed by atoms with E-state index in [0.717, 1.165) is 37.3 Å². The van der Waals surface area contributed by atoms with E-state index in [0.29, 0.717) is 0 Å². The predicted octanol–water partition coefficient (Wildman–Crippen LogP) is 0.259. The topological polar surface area (TPSA) is 48.5 Å². The van der Waals surface area contributed by atoms with Crippen molar-refractivity contribution in [2.75, 3.05) is 33.2 Å². The molecule has 1 saturated heterocycles. The Hall–Kier alpha value is -2.12. The van der Waals surface area contributed by atoms with Gasteiger partial charge in [0.15, 0.2) is 0 Å². The highest BCUT2D eigenvalue weighted by Gasteiger charge is 2.23. The van der Waals surface area contributed by atoms with Gasteiger partial charge in [-0.1, -0.05) is 24.3 Å². The molecule has 0 saturated carbocycles. The van der Waals surface area contributed by atoms with Crippen molar-refractivity contribution in [3.63, 3.8) is 0 Å². The van der Waals surface area contributed by atoms with Gasteiger partial charge >= 0.3 is 0 Å². The van der Waals surface area contributed by atoms with Gasteiger partial charge in [-0.3, -0.25) is 4.79 Å². The molecule has 4 heteroatoms. The van der Waals surface area contributed by atoms with Gasteiger partial charge in [0.25, 0.3) is 5.91 Å². The average molecular weight is 270 g/mol. The van der Waals surface area contributed by atoms with Crippen LogP contribution >= 0.6 is 0 Å². The molecule has 0 unspecified atom stereocenters. The van der Waals surface area contributed by atoms with E-state index >= 15 is 0 Å².